The van der Waals surface area contributed by atoms with E-state index in [1.165, 1.54) is 0 Å². The fourth-order valence-corrected chi connectivity index (χ4v) is 2.30. The van der Waals surface area contributed by atoms with E-state index >= 15 is 0 Å². The van der Waals surface area contributed by atoms with Gasteiger partial charge in [-0.15, -0.1) is 0 Å². The summed E-state index contributed by atoms with van der Waals surface area (Å²) in [5.74, 6) is 0.545. The minimum absolute atomic E-state index is 0.264. The molecule has 0 unspecified atom stereocenters. The van der Waals surface area contributed by atoms with Gasteiger partial charge in [-0.3, -0.25) is 0 Å². The van der Waals surface area contributed by atoms with Crippen molar-refractivity contribution in [2.45, 2.75) is 6.92 Å². The molecule has 0 aromatic heterocycles. The molecule has 0 aliphatic carbocycles. The molecule has 0 fully saturated rings. The predicted molar refractivity (Wildman–Crippen MR) is 72.6 cm³/mol. The van der Waals surface area contributed by atoms with Gasteiger partial charge in [0.2, 0.25) is 0 Å². The molecule has 96 valence electrons. The van der Waals surface area contributed by atoms with Crippen LogP contribution in [0, 0.1) is 0 Å². The van der Waals surface area contributed by atoms with Crippen LogP contribution in [0.4, 0.5) is 11.4 Å². The number of carboxylic acids is 1. The zero-order valence-corrected chi connectivity index (χ0v) is 10.5. The van der Waals surface area contributed by atoms with E-state index in [0.717, 1.165) is 23.7 Å². The molecule has 3 rings (SSSR count). The van der Waals surface area contributed by atoms with Gasteiger partial charge in [0.15, 0.2) is 11.5 Å². The van der Waals surface area contributed by atoms with Crippen molar-refractivity contribution in [3.63, 3.8) is 0 Å². The Balaban J connectivity index is 2.16. The van der Waals surface area contributed by atoms with Crippen molar-refractivity contribution < 1.29 is 14.6 Å². The Bertz CT molecular complexity index is 652. The SMILES string of the molecule is CCN1c2ccccc2Oc2ccc(C(=O)O)cc21. The van der Waals surface area contributed by atoms with Crippen molar-refractivity contribution in [3.8, 4) is 11.5 Å². The first kappa shape index (κ1) is 11.6. The average Bonchev–Trinajstić information content (AvgIpc) is 2.44. The summed E-state index contributed by atoms with van der Waals surface area (Å²) >= 11 is 0. The zero-order chi connectivity index (χ0) is 13.4. The van der Waals surface area contributed by atoms with Gasteiger partial charge < -0.3 is 14.7 Å². The lowest BCUT2D eigenvalue weighted by molar-refractivity contribution is 0.0697. The molecule has 0 amide bonds. The second kappa shape index (κ2) is 4.31. The number of aromatic carboxylic acids is 1. The van der Waals surface area contributed by atoms with Crippen molar-refractivity contribution >= 4 is 17.3 Å². The van der Waals surface area contributed by atoms with Crippen LogP contribution in [-0.4, -0.2) is 17.6 Å². The molecule has 0 spiro atoms. The quantitative estimate of drug-likeness (QED) is 0.889. The summed E-state index contributed by atoms with van der Waals surface area (Å²) in [4.78, 5) is 13.1. The van der Waals surface area contributed by atoms with Crippen molar-refractivity contribution in [1.29, 1.82) is 0 Å². The maximum absolute atomic E-state index is 11.1. The molecule has 1 heterocycles. The Labute approximate surface area is 110 Å². The van der Waals surface area contributed by atoms with Gasteiger partial charge in [0.25, 0.3) is 0 Å². The molecular weight excluding hydrogens is 242 g/mol. The van der Waals surface area contributed by atoms with E-state index < -0.39 is 5.97 Å². The van der Waals surface area contributed by atoms with E-state index in [2.05, 4.69) is 4.90 Å². The van der Waals surface area contributed by atoms with Crippen molar-refractivity contribution in [2.24, 2.45) is 0 Å². The third-order valence-corrected chi connectivity index (χ3v) is 3.19. The van der Waals surface area contributed by atoms with Gasteiger partial charge >= 0.3 is 5.97 Å². The molecule has 4 nitrogen and oxygen atoms in total. The fourth-order valence-electron chi connectivity index (χ4n) is 2.30. The molecule has 0 atom stereocenters. The number of rotatable bonds is 2. The summed E-state index contributed by atoms with van der Waals surface area (Å²) in [6, 6.07) is 12.7. The number of ether oxygens (including phenoxy) is 1. The summed E-state index contributed by atoms with van der Waals surface area (Å²) in [7, 11) is 0. The zero-order valence-electron chi connectivity index (χ0n) is 10.5. The lowest BCUT2D eigenvalue weighted by Gasteiger charge is -2.32. The molecular formula is C15H13NO3. The monoisotopic (exact) mass is 255 g/mol. The molecule has 0 saturated heterocycles. The molecule has 19 heavy (non-hydrogen) atoms. The van der Waals surface area contributed by atoms with Crippen LogP contribution in [0.1, 0.15) is 17.3 Å². The normalized spacial score (nSPS) is 12.4. The number of hydrogen-bond acceptors (Lipinski definition) is 3. The van der Waals surface area contributed by atoms with Gasteiger partial charge in [-0.2, -0.15) is 0 Å². The first-order chi connectivity index (χ1) is 9.20. The minimum atomic E-state index is -0.933. The van der Waals surface area contributed by atoms with E-state index in [0.29, 0.717) is 5.75 Å². The maximum Gasteiger partial charge on any atom is 0.335 e. The standard InChI is InChI=1S/C15H13NO3/c1-2-16-11-5-3-4-6-13(11)19-14-8-7-10(15(17)18)9-12(14)16/h3-9H,2H2,1H3,(H,17,18). The highest BCUT2D eigenvalue weighted by molar-refractivity contribution is 5.91. The molecule has 4 heteroatoms. The Hall–Kier alpha value is -2.49. The molecule has 0 bridgehead atoms. The van der Waals surface area contributed by atoms with Crippen molar-refractivity contribution in [2.75, 3.05) is 11.4 Å². The van der Waals surface area contributed by atoms with E-state index in [-0.39, 0.29) is 5.56 Å². The van der Waals surface area contributed by atoms with Crippen molar-refractivity contribution in [3.05, 3.63) is 48.0 Å². The fraction of sp³-hybridized carbons (Fsp3) is 0.133. The van der Waals surface area contributed by atoms with Crippen LogP contribution in [0.15, 0.2) is 42.5 Å². The number of para-hydroxylation sites is 2. The van der Waals surface area contributed by atoms with Gasteiger partial charge in [0.1, 0.15) is 0 Å². The molecule has 1 N–H and O–H groups in total. The lowest BCUT2D eigenvalue weighted by Crippen LogP contribution is -2.21. The van der Waals surface area contributed by atoms with Crippen LogP contribution in [0.5, 0.6) is 11.5 Å². The largest absolute Gasteiger partial charge is 0.478 e. The Morgan fingerprint density at radius 1 is 1.16 bits per heavy atom. The van der Waals surface area contributed by atoms with E-state index in [9.17, 15) is 4.79 Å². The summed E-state index contributed by atoms with van der Waals surface area (Å²) in [6.07, 6.45) is 0. The highest BCUT2D eigenvalue weighted by Crippen LogP contribution is 2.46. The highest BCUT2D eigenvalue weighted by Gasteiger charge is 2.23. The second-order valence-electron chi connectivity index (χ2n) is 4.30. The minimum Gasteiger partial charge on any atom is -0.478 e. The molecule has 2 aromatic carbocycles. The van der Waals surface area contributed by atoms with Gasteiger partial charge in [-0.05, 0) is 37.3 Å². The number of benzene rings is 2. The number of nitrogens with zero attached hydrogens (tertiary/aromatic N) is 1. The van der Waals surface area contributed by atoms with Gasteiger partial charge in [0, 0.05) is 6.54 Å². The van der Waals surface area contributed by atoms with Crippen LogP contribution in [0.2, 0.25) is 0 Å². The maximum atomic E-state index is 11.1. The first-order valence-electron chi connectivity index (χ1n) is 6.12. The van der Waals surface area contributed by atoms with E-state index in [1.54, 1.807) is 18.2 Å². The summed E-state index contributed by atoms with van der Waals surface area (Å²) in [5, 5.41) is 9.08. The molecule has 0 saturated carbocycles. The van der Waals surface area contributed by atoms with Gasteiger partial charge in [-0.25, -0.2) is 4.79 Å². The van der Waals surface area contributed by atoms with Gasteiger partial charge in [-0.1, -0.05) is 12.1 Å². The Kier molecular flexibility index (Phi) is 2.63. The second-order valence-corrected chi connectivity index (χ2v) is 4.30. The summed E-state index contributed by atoms with van der Waals surface area (Å²) in [5.41, 5.74) is 2.02. The third-order valence-electron chi connectivity index (χ3n) is 3.19. The Morgan fingerprint density at radius 2 is 1.89 bits per heavy atom. The first-order valence-corrected chi connectivity index (χ1v) is 6.12. The summed E-state index contributed by atoms with van der Waals surface area (Å²) in [6.45, 7) is 2.77. The highest BCUT2D eigenvalue weighted by atomic mass is 16.5. The number of fused-ring (bicyclic) bond motifs is 2. The van der Waals surface area contributed by atoms with Crippen LogP contribution < -0.4 is 9.64 Å². The molecule has 1 aliphatic heterocycles. The van der Waals surface area contributed by atoms with Crippen LogP contribution in [-0.2, 0) is 0 Å². The third kappa shape index (κ3) is 1.81. The molecule has 2 aromatic rings. The number of anilines is 2. The Morgan fingerprint density at radius 3 is 2.63 bits per heavy atom. The van der Waals surface area contributed by atoms with Crippen LogP contribution >= 0.6 is 0 Å². The van der Waals surface area contributed by atoms with Gasteiger partial charge in [0.05, 0.1) is 16.9 Å². The predicted octanol–water partition coefficient (Wildman–Crippen LogP) is 3.65. The van der Waals surface area contributed by atoms with E-state index in [1.807, 2.05) is 31.2 Å². The number of carboxylic acid groups (broad SMARTS) is 1. The number of hydrogen-bond donors (Lipinski definition) is 1. The number of carbonyl (C=O) groups is 1. The van der Waals surface area contributed by atoms with Crippen LogP contribution in [0.3, 0.4) is 0 Å². The smallest absolute Gasteiger partial charge is 0.335 e. The van der Waals surface area contributed by atoms with Crippen molar-refractivity contribution in [1.82, 2.24) is 0 Å². The molecule has 1 aliphatic rings. The van der Waals surface area contributed by atoms with Crippen LogP contribution in [0.25, 0.3) is 0 Å². The topological polar surface area (TPSA) is 49.8 Å². The summed E-state index contributed by atoms with van der Waals surface area (Å²) < 4.78 is 5.81. The van der Waals surface area contributed by atoms with E-state index in [4.69, 9.17) is 9.84 Å². The lowest BCUT2D eigenvalue weighted by atomic mass is 10.1. The molecule has 0 radical (unpaired) electrons. The average molecular weight is 255 g/mol.